The number of ether oxygens (including phenoxy) is 2. The Labute approximate surface area is 194 Å². The Kier molecular flexibility index (Phi) is 7.18. The average Bonchev–Trinajstić information content (AvgIpc) is 3.29. The van der Waals surface area contributed by atoms with E-state index < -0.39 is 31.4 Å². The van der Waals surface area contributed by atoms with Crippen LogP contribution in [0, 0.1) is 6.92 Å². The van der Waals surface area contributed by atoms with Gasteiger partial charge in [-0.05, 0) is 31.4 Å². The first-order chi connectivity index (χ1) is 16.3. The van der Waals surface area contributed by atoms with Gasteiger partial charge in [0.25, 0.3) is 5.56 Å². The first-order valence-electron chi connectivity index (χ1n) is 10.7. The molecule has 3 heterocycles. The maximum atomic E-state index is 13.1. The number of carbonyl (C=O) groups excluding carboxylic acids is 1. The molecule has 0 aliphatic carbocycles. The SMILES string of the molecule is COC(=O)CCCc1cccc2c1OP(=O)(OC[C@@H]1C=C[C@H](n3cc(C)c(=O)[nH]c3=O)O1)OC2. The number of phosphoric ester groups is 1. The maximum absolute atomic E-state index is 13.1. The van der Waals surface area contributed by atoms with Crippen LogP contribution in [-0.4, -0.2) is 35.3 Å². The summed E-state index contributed by atoms with van der Waals surface area (Å²) in [4.78, 5) is 37.2. The topological polar surface area (TPSA) is 135 Å². The van der Waals surface area contributed by atoms with Crippen molar-refractivity contribution in [1.29, 1.82) is 0 Å². The lowest BCUT2D eigenvalue weighted by Crippen LogP contribution is -2.33. The molecule has 0 radical (unpaired) electrons. The molecule has 12 heteroatoms. The van der Waals surface area contributed by atoms with Crippen LogP contribution in [0.1, 0.15) is 35.8 Å². The van der Waals surface area contributed by atoms with Gasteiger partial charge in [-0.15, -0.1) is 0 Å². The van der Waals surface area contributed by atoms with Crippen LogP contribution >= 0.6 is 7.82 Å². The van der Waals surface area contributed by atoms with Gasteiger partial charge in [0.05, 0.1) is 20.3 Å². The zero-order valence-corrected chi connectivity index (χ0v) is 19.6. The molecule has 2 aromatic rings. The van der Waals surface area contributed by atoms with Crippen molar-refractivity contribution in [1.82, 2.24) is 9.55 Å². The fourth-order valence-electron chi connectivity index (χ4n) is 3.62. The molecule has 0 amide bonds. The number of hydrogen-bond acceptors (Lipinski definition) is 9. The Morgan fingerprint density at radius 3 is 2.91 bits per heavy atom. The van der Waals surface area contributed by atoms with Crippen LogP contribution in [0.3, 0.4) is 0 Å². The number of hydrogen-bond donors (Lipinski definition) is 1. The molecule has 1 aromatic heterocycles. The van der Waals surface area contributed by atoms with Crippen molar-refractivity contribution < 1.29 is 32.4 Å². The van der Waals surface area contributed by atoms with Crippen LogP contribution in [0.15, 0.2) is 46.1 Å². The smallest absolute Gasteiger partial charge is 0.469 e. The van der Waals surface area contributed by atoms with E-state index in [1.54, 1.807) is 25.1 Å². The van der Waals surface area contributed by atoms with Gasteiger partial charge < -0.3 is 14.0 Å². The zero-order chi connectivity index (χ0) is 24.3. The minimum Gasteiger partial charge on any atom is -0.469 e. The third-order valence-electron chi connectivity index (χ3n) is 5.44. The van der Waals surface area contributed by atoms with Crippen molar-refractivity contribution in [3.05, 3.63) is 74.1 Å². The molecule has 4 rings (SSSR count). The minimum absolute atomic E-state index is 0.0491. The van der Waals surface area contributed by atoms with Gasteiger partial charge in [-0.3, -0.25) is 28.2 Å². The molecule has 1 unspecified atom stereocenters. The molecule has 0 saturated carbocycles. The fourth-order valence-corrected chi connectivity index (χ4v) is 4.89. The molecule has 1 N–H and O–H groups in total. The number of aromatic amines is 1. The van der Waals surface area contributed by atoms with E-state index in [0.29, 0.717) is 24.2 Å². The summed E-state index contributed by atoms with van der Waals surface area (Å²) in [7, 11) is -2.58. The number of para-hydroxylation sites is 1. The second-order valence-corrected chi connectivity index (χ2v) is 9.46. The number of nitrogens with one attached hydrogen (secondary N) is 1. The highest BCUT2D eigenvalue weighted by atomic mass is 31.2. The normalized spacial score (nSPS) is 23.4. The second-order valence-electron chi connectivity index (χ2n) is 7.87. The molecule has 0 bridgehead atoms. The third kappa shape index (κ3) is 5.39. The van der Waals surface area contributed by atoms with E-state index in [-0.39, 0.29) is 25.6 Å². The Bertz CT molecular complexity index is 1270. The zero-order valence-electron chi connectivity index (χ0n) is 18.7. The molecular formula is C22H25N2O9P. The number of rotatable bonds is 8. The van der Waals surface area contributed by atoms with Gasteiger partial charge in [-0.1, -0.05) is 24.3 Å². The van der Waals surface area contributed by atoms with Crippen LogP contribution in [0.4, 0.5) is 0 Å². The van der Waals surface area contributed by atoms with Crippen molar-refractivity contribution in [3.63, 3.8) is 0 Å². The molecule has 34 heavy (non-hydrogen) atoms. The van der Waals surface area contributed by atoms with Crippen LogP contribution in [0.5, 0.6) is 5.75 Å². The molecule has 0 saturated heterocycles. The summed E-state index contributed by atoms with van der Waals surface area (Å²) in [6.45, 7) is 1.49. The number of benzene rings is 1. The molecule has 11 nitrogen and oxygen atoms in total. The first kappa shape index (κ1) is 24.2. The van der Waals surface area contributed by atoms with Gasteiger partial charge in [0.1, 0.15) is 11.9 Å². The number of nitrogens with zero attached hydrogens (tertiary/aromatic N) is 1. The minimum atomic E-state index is -3.92. The molecule has 2 aliphatic heterocycles. The fraction of sp³-hybridized carbons (Fsp3) is 0.409. The number of methoxy groups -OCH3 is 1. The second kappa shape index (κ2) is 10.1. The number of carbonyl (C=O) groups is 1. The largest absolute Gasteiger partial charge is 0.530 e. The van der Waals surface area contributed by atoms with Crippen molar-refractivity contribution in [3.8, 4) is 5.75 Å². The summed E-state index contributed by atoms with van der Waals surface area (Å²) in [5.74, 6) is 0.128. The van der Waals surface area contributed by atoms with Crippen molar-refractivity contribution in [2.45, 2.75) is 45.1 Å². The van der Waals surface area contributed by atoms with Gasteiger partial charge in [-0.25, -0.2) is 9.36 Å². The molecule has 0 fully saturated rings. The van der Waals surface area contributed by atoms with E-state index in [1.807, 2.05) is 12.1 Å². The summed E-state index contributed by atoms with van der Waals surface area (Å²) in [5, 5.41) is 0. The van der Waals surface area contributed by atoms with Crippen molar-refractivity contribution in [2.75, 3.05) is 13.7 Å². The van der Waals surface area contributed by atoms with Crippen LogP contribution < -0.4 is 15.8 Å². The van der Waals surface area contributed by atoms with E-state index in [0.717, 1.165) is 11.1 Å². The molecular weight excluding hydrogens is 467 g/mol. The van der Waals surface area contributed by atoms with Gasteiger partial charge in [-0.2, -0.15) is 0 Å². The molecule has 0 spiro atoms. The van der Waals surface area contributed by atoms with Crippen LogP contribution in [-0.2, 0) is 40.9 Å². The predicted molar refractivity (Wildman–Crippen MR) is 119 cm³/mol. The summed E-state index contributed by atoms with van der Waals surface area (Å²) in [5.41, 5.74) is 0.826. The number of aromatic nitrogens is 2. The van der Waals surface area contributed by atoms with Crippen molar-refractivity contribution in [2.24, 2.45) is 0 Å². The molecule has 3 atom stereocenters. The standard InChI is InChI=1S/C22H25N2O9P/c1-14-11-24(22(27)23-21(14)26)18-10-9-17(32-18)13-31-34(28)30-12-16-7-3-5-15(20(16)33-34)6-4-8-19(25)29-2/h3,5,7,9-11,17-18H,4,6,8,12-13H2,1-2H3,(H,23,26,27)/t17-,18+,34?/m0/s1. The summed E-state index contributed by atoms with van der Waals surface area (Å²) in [6.07, 6.45) is 4.70. The Balaban J connectivity index is 1.37. The van der Waals surface area contributed by atoms with E-state index in [1.165, 1.54) is 17.9 Å². The monoisotopic (exact) mass is 492 g/mol. The lowest BCUT2D eigenvalue weighted by atomic mass is 10.0. The highest BCUT2D eigenvalue weighted by molar-refractivity contribution is 7.49. The van der Waals surface area contributed by atoms with Crippen LogP contribution in [0.25, 0.3) is 0 Å². The van der Waals surface area contributed by atoms with E-state index in [2.05, 4.69) is 9.72 Å². The molecule has 2 aliphatic rings. The van der Waals surface area contributed by atoms with Crippen LogP contribution in [0.2, 0.25) is 0 Å². The van der Waals surface area contributed by atoms with E-state index in [4.69, 9.17) is 18.3 Å². The van der Waals surface area contributed by atoms with Gasteiger partial charge in [0, 0.05) is 23.7 Å². The molecule has 1 aromatic carbocycles. The highest BCUT2D eigenvalue weighted by Gasteiger charge is 2.36. The van der Waals surface area contributed by atoms with Gasteiger partial charge in [0.2, 0.25) is 0 Å². The Morgan fingerprint density at radius 1 is 1.29 bits per heavy atom. The average molecular weight is 492 g/mol. The summed E-state index contributed by atoms with van der Waals surface area (Å²) >= 11 is 0. The number of phosphoric acid groups is 1. The van der Waals surface area contributed by atoms with Gasteiger partial charge >= 0.3 is 19.5 Å². The third-order valence-corrected chi connectivity index (χ3v) is 6.75. The van der Waals surface area contributed by atoms with Crippen molar-refractivity contribution >= 4 is 13.8 Å². The van der Waals surface area contributed by atoms with Gasteiger partial charge in [0.15, 0.2) is 6.23 Å². The van der Waals surface area contributed by atoms with E-state index in [9.17, 15) is 18.9 Å². The Morgan fingerprint density at radius 2 is 2.12 bits per heavy atom. The summed E-state index contributed by atoms with van der Waals surface area (Å²) in [6, 6.07) is 5.48. The van der Waals surface area contributed by atoms with E-state index >= 15 is 0 Å². The quantitative estimate of drug-likeness (QED) is 0.335. The number of aryl methyl sites for hydroxylation is 2. The highest BCUT2D eigenvalue weighted by Crippen LogP contribution is 2.55. The Hall–Kier alpha value is -2.98. The number of fused-ring (bicyclic) bond motifs is 1. The molecule has 182 valence electrons. The lowest BCUT2D eigenvalue weighted by molar-refractivity contribution is -0.140. The number of H-pyrrole nitrogens is 1. The lowest BCUT2D eigenvalue weighted by Gasteiger charge is -2.27. The summed E-state index contributed by atoms with van der Waals surface area (Å²) < 4.78 is 41.3. The predicted octanol–water partition coefficient (Wildman–Crippen LogP) is 2.53. The number of esters is 1. The maximum Gasteiger partial charge on any atom is 0.530 e. The first-order valence-corrected chi connectivity index (χ1v) is 12.2.